The maximum Gasteiger partial charge on any atom is 0.306 e. The highest BCUT2D eigenvalue weighted by Gasteiger charge is 2.29. The normalized spacial score (nSPS) is 20.0. The zero-order valence-electron chi connectivity index (χ0n) is 21.9. The van der Waals surface area contributed by atoms with Gasteiger partial charge < -0.3 is 30.1 Å². The highest BCUT2D eigenvalue weighted by Crippen LogP contribution is 2.30. The molecule has 1 aromatic heterocycles. The largest absolute Gasteiger partial charge is 0.508 e. The third-order valence-corrected chi connectivity index (χ3v) is 7.40. The van der Waals surface area contributed by atoms with E-state index >= 15 is 0 Å². The fourth-order valence-electron chi connectivity index (χ4n) is 5.26. The van der Waals surface area contributed by atoms with Crippen LogP contribution in [0.1, 0.15) is 48.9 Å². The summed E-state index contributed by atoms with van der Waals surface area (Å²) in [6, 6.07) is 1.93. The number of allylic oxidation sites excluding steroid dienone is 3. The lowest BCUT2D eigenvalue weighted by atomic mass is 9.96. The van der Waals surface area contributed by atoms with E-state index in [-0.39, 0.29) is 54.9 Å². The Bertz CT molecular complexity index is 1320. The van der Waals surface area contributed by atoms with E-state index in [2.05, 4.69) is 15.3 Å². The molecule has 40 heavy (non-hydrogen) atoms. The lowest BCUT2D eigenvalue weighted by molar-refractivity contribution is -0.142. The van der Waals surface area contributed by atoms with E-state index < -0.39 is 29.4 Å². The summed E-state index contributed by atoms with van der Waals surface area (Å²) < 4.78 is 35.9. The Balaban J connectivity index is 1.24. The van der Waals surface area contributed by atoms with Gasteiger partial charge in [-0.2, -0.15) is 0 Å². The van der Waals surface area contributed by atoms with Gasteiger partial charge in [-0.05, 0) is 50.3 Å². The molecule has 12 heteroatoms. The molecule has 1 atom stereocenters. The second kappa shape index (κ2) is 11.9. The smallest absolute Gasteiger partial charge is 0.306 e. The molecule has 2 aromatic rings. The second-order valence-corrected chi connectivity index (χ2v) is 10.2. The van der Waals surface area contributed by atoms with E-state index in [0.717, 1.165) is 31.4 Å². The quantitative estimate of drug-likeness (QED) is 0.455. The van der Waals surface area contributed by atoms with Crippen LogP contribution in [0.3, 0.4) is 0 Å². The molecule has 2 fully saturated rings. The number of benzene rings is 1. The van der Waals surface area contributed by atoms with Crippen molar-refractivity contribution in [3.63, 3.8) is 0 Å². The van der Waals surface area contributed by atoms with E-state index in [0.29, 0.717) is 31.1 Å². The van der Waals surface area contributed by atoms with Gasteiger partial charge in [0.25, 0.3) is 5.91 Å². The third-order valence-electron chi connectivity index (χ3n) is 7.40. The van der Waals surface area contributed by atoms with Gasteiger partial charge in [0.15, 0.2) is 11.6 Å². The predicted molar refractivity (Wildman–Crippen MR) is 143 cm³/mol. The lowest BCUT2D eigenvalue weighted by Gasteiger charge is -2.34. The molecule has 3 heterocycles. The number of anilines is 3. The maximum absolute atomic E-state index is 14.9. The number of amides is 1. The molecule has 0 radical (unpaired) electrons. The summed E-state index contributed by atoms with van der Waals surface area (Å²) in [6.45, 7) is 1.62. The molecule has 2 saturated heterocycles. The van der Waals surface area contributed by atoms with Crippen molar-refractivity contribution in [3.05, 3.63) is 65.4 Å². The molecule has 0 spiro atoms. The molecule has 2 aliphatic heterocycles. The van der Waals surface area contributed by atoms with Crippen molar-refractivity contribution in [2.75, 3.05) is 41.3 Å². The van der Waals surface area contributed by atoms with Crippen molar-refractivity contribution in [1.82, 2.24) is 9.97 Å². The van der Waals surface area contributed by atoms with Crippen molar-refractivity contribution >= 4 is 29.2 Å². The number of hydrogen-bond donors (Lipinski definition) is 3. The van der Waals surface area contributed by atoms with Crippen LogP contribution >= 0.6 is 0 Å². The summed E-state index contributed by atoms with van der Waals surface area (Å²) in [5.74, 6) is -2.61. The van der Waals surface area contributed by atoms with E-state index in [9.17, 15) is 23.5 Å². The number of piperidine rings is 2. The molecular weight excluding hydrogens is 524 g/mol. The van der Waals surface area contributed by atoms with Gasteiger partial charge in [0, 0.05) is 31.6 Å². The highest BCUT2D eigenvalue weighted by molar-refractivity contribution is 6.04. The van der Waals surface area contributed by atoms with Crippen LogP contribution in [0, 0.1) is 17.6 Å². The Kier molecular flexibility index (Phi) is 8.13. The summed E-state index contributed by atoms with van der Waals surface area (Å²) in [4.78, 5) is 36.1. The monoisotopic (exact) mass is 555 g/mol. The predicted octanol–water partition coefficient (Wildman–Crippen LogP) is 4.41. The number of nitrogens with zero attached hydrogens (tertiary/aromatic N) is 4. The van der Waals surface area contributed by atoms with Gasteiger partial charge in [0.2, 0.25) is 0 Å². The van der Waals surface area contributed by atoms with Crippen molar-refractivity contribution in [2.24, 2.45) is 5.92 Å². The van der Waals surface area contributed by atoms with Crippen LogP contribution in [0.15, 0.2) is 48.2 Å². The highest BCUT2D eigenvalue weighted by atomic mass is 19.1. The van der Waals surface area contributed by atoms with E-state index in [1.165, 1.54) is 11.1 Å². The number of aromatic nitrogens is 2. The minimum Gasteiger partial charge on any atom is -0.508 e. The third kappa shape index (κ3) is 6.16. The molecule has 0 bridgehead atoms. The number of rotatable bonds is 7. The number of aliphatic hydroxyl groups is 1. The van der Waals surface area contributed by atoms with Crippen molar-refractivity contribution in [1.29, 1.82) is 0 Å². The van der Waals surface area contributed by atoms with E-state index in [4.69, 9.17) is 9.84 Å². The zero-order valence-corrected chi connectivity index (χ0v) is 21.9. The van der Waals surface area contributed by atoms with Gasteiger partial charge in [-0.3, -0.25) is 14.6 Å². The topological polar surface area (TPSA) is 128 Å². The number of carbonyl (C=O) groups is 2. The number of carboxylic acids is 1. The summed E-state index contributed by atoms with van der Waals surface area (Å²) in [7, 11) is 0. The number of carbonyl (C=O) groups excluding carboxylic acids is 1. The van der Waals surface area contributed by atoms with Crippen molar-refractivity contribution < 1.29 is 33.3 Å². The van der Waals surface area contributed by atoms with Crippen molar-refractivity contribution in [2.45, 2.75) is 44.6 Å². The average molecular weight is 556 g/mol. The summed E-state index contributed by atoms with van der Waals surface area (Å²) in [5, 5.41) is 21.8. The van der Waals surface area contributed by atoms with E-state index in [1.807, 2.05) is 11.0 Å². The molecule has 1 aliphatic carbocycles. The van der Waals surface area contributed by atoms with Crippen LogP contribution in [0.4, 0.5) is 26.1 Å². The molecular formula is C28H31F2N5O5. The molecule has 1 aromatic carbocycles. The van der Waals surface area contributed by atoms with Crippen molar-refractivity contribution in [3.8, 4) is 0 Å². The van der Waals surface area contributed by atoms with Gasteiger partial charge in [0.1, 0.15) is 35.0 Å². The Labute approximate surface area is 230 Å². The van der Waals surface area contributed by atoms with E-state index in [1.54, 1.807) is 12.3 Å². The molecule has 3 aliphatic rings. The number of hydrogen-bond acceptors (Lipinski definition) is 8. The van der Waals surface area contributed by atoms with Crippen LogP contribution < -0.4 is 15.1 Å². The molecule has 5 rings (SSSR count). The summed E-state index contributed by atoms with van der Waals surface area (Å²) in [6.07, 6.45) is 10.1. The molecule has 3 N–H and O–H groups in total. The minimum atomic E-state index is -0.914. The van der Waals surface area contributed by atoms with Gasteiger partial charge in [-0.25, -0.2) is 13.8 Å². The average Bonchev–Trinajstić information content (AvgIpc) is 2.94. The maximum atomic E-state index is 14.9. The Hall–Kier alpha value is -4.22. The Morgan fingerprint density at radius 3 is 2.50 bits per heavy atom. The van der Waals surface area contributed by atoms with Crippen LogP contribution in [0.25, 0.3) is 0 Å². The first-order valence-electron chi connectivity index (χ1n) is 13.4. The van der Waals surface area contributed by atoms with Crippen LogP contribution in [-0.2, 0) is 9.53 Å². The SMILES string of the molecule is O=C(Nc1cncc(N2CCCC(OC3=C(O)CCC=C3)C2)n1)c1cc(F)c(N2CCC(C(=O)O)CC2)c(F)c1. The zero-order chi connectivity index (χ0) is 28.2. The van der Waals surface area contributed by atoms with Gasteiger partial charge in [-0.15, -0.1) is 0 Å². The number of ether oxygens (including phenoxy) is 1. The summed E-state index contributed by atoms with van der Waals surface area (Å²) in [5.41, 5.74) is -0.483. The second-order valence-electron chi connectivity index (χ2n) is 10.2. The Morgan fingerprint density at radius 1 is 1.05 bits per heavy atom. The number of nitrogens with one attached hydrogen (secondary N) is 1. The lowest BCUT2D eigenvalue weighted by Crippen LogP contribution is -2.40. The van der Waals surface area contributed by atoms with Crippen LogP contribution in [-0.4, -0.2) is 64.3 Å². The molecule has 1 amide bonds. The molecule has 212 valence electrons. The first kappa shape index (κ1) is 27.4. The number of aliphatic carboxylic acids is 1. The van der Waals surface area contributed by atoms with Crippen LogP contribution in [0.5, 0.6) is 0 Å². The standard InChI is InChI=1S/C28H31F2N5O5/c29-20-12-18(13-21(30)26(20)34-10-7-17(8-11-34)28(38)39)27(37)33-24-14-31-15-25(32-24)35-9-3-4-19(16-35)40-23-6-2-1-5-22(23)36/h2,6,12-15,17,19,36H,1,3-5,7-11,16H2,(H,38,39)(H,32,33,37). The number of aliphatic hydroxyl groups excluding tert-OH is 1. The number of carboxylic acid groups (broad SMARTS) is 1. The first-order chi connectivity index (χ1) is 19.3. The Morgan fingerprint density at radius 2 is 1.80 bits per heavy atom. The fourth-order valence-corrected chi connectivity index (χ4v) is 5.26. The van der Waals surface area contributed by atoms with Gasteiger partial charge >= 0.3 is 5.97 Å². The van der Waals surface area contributed by atoms with Crippen LogP contribution in [0.2, 0.25) is 0 Å². The number of halogens is 2. The minimum absolute atomic E-state index is 0.127. The van der Waals surface area contributed by atoms with Gasteiger partial charge in [-0.1, -0.05) is 6.08 Å². The van der Waals surface area contributed by atoms with Gasteiger partial charge in [0.05, 0.1) is 24.9 Å². The summed E-state index contributed by atoms with van der Waals surface area (Å²) >= 11 is 0. The molecule has 1 unspecified atom stereocenters. The molecule has 10 nitrogen and oxygen atoms in total. The molecule has 0 saturated carbocycles. The first-order valence-corrected chi connectivity index (χ1v) is 13.4. The fraction of sp³-hybridized carbons (Fsp3) is 0.429.